The molecule has 1 aromatic carbocycles. The molecule has 0 radical (unpaired) electrons. The van der Waals surface area contributed by atoms with Crippen molar-refractivity contribution in [3.63, 3.8) is 0 Å². The monoisotopic (exact) mass is 447 g/mol. The van der Waals surface area contributed by atoms with Gasteiger partial charge in [0.25, 0.3) is 5.91 Å². The van der Waals surface area contributed by atoms with E-state index in [-0.39, 0.29) is 17.5 Å². The van der Waals surface area contributed by atoms with Crippen molar-refractivity contribution in [2.45, 2.75) is 25.0 Å². The zero-order valence-corrected chi connectivity index (χ0v) is 16.8. The van der Waals surface area contributed by atoms with Gasteiger partial charge in [0.2, 0.25) is 5.78 Å². The molecule has 7 heteroatoms. The number of amides is 1. The van der Waals surface area contributed by atoms with Gasteiger partial charge in [-0.1, -0.05) is 34.1 Å². The molecule has 3 heterocycles. The average molecular weight is 448 g/mol. The first-order valence-corrected chi connectivity index (χ1v) is 10.4. The molecule has 140 valence electrons. The second kappa shape index (κ2) is 7.58. The number of thiophene rings is 1. The number of aliphatic hydroxyl groups excluding tert-OH is 1. The molecule has 1 saturated heterocycles. The Morgan fingerprint density at radius 3 is 2.70 bits per heavy atom. The summed E-state index contributed by atoms with van der Waals surface area (Å²) in [6.07, 6.45) is 1.75. The molecule has 1 fully saturated rings. The van der Waals surface area contributed by atoms with Crippen LogP contribution in [-0.2, 0) is 9.53 Å². The van der Waals surface area contributed by atoms with E-state index in [1.807, 2.05) is 24.3 Å². The molecule has 4 rings (SSSR count). The zero-order valence-electron chi connectivity index (χ0n) is 14.4. The van der Waals surface area contributed by atoms with Crippen LogP contribution >= 0.6 is 27.3 Å². The van der Waals surface area contributed by atoms with Crippen LogP contribution in [0.15, 0.2) is 57.6 Å². The number of hydrogen-bond acceptors (Lipinski definition) is 5. The van der Waals surface area contributed by atoms with Crippen molar-refractivity contribution in [2.24, 2.45) is 0 Å². The Kier molecular flexibility index (Phi) is 5.16. The summed E-state index contributed by atoms with van der Waals surface area (Å²) in [6.45, 7) is 1.03. The van der Waals surface area contributed by atoms with Crippen LogP contribution in [0.3, 0.4) is 0 Å². The van der Waals surface area contributed by atoms with Gasteiger partial charge in [-0.2, -0.15) is 0 Å². The Hall–Kier alpha value is -1.96. The highest BCUT2D eigenvalue weighted by Crippen LogP contribution is 2.40. The first kappa shape index (κ1) is 18.4. The summed E-state index contributed by atoms with van der Waals surface area (Å²) in [5.74, 6) is -1.28. The number of benzene rings is 1. The fraction of sp³-hybridized carbons (Fsp3) is 0.300. The van der Waals surface area contributed by atoms with Crippen molar-refractivity contribution in [3.05, 3.63) is 68.0 Å². The van der Waals surface area contributed by atoms with Crippen LogP contribution in [0.5, 0.6) is 0 Å². The largest absolute Gasteiger partial charge is 0.503 e. The van der Waals surface area contributed by atoms with Gasteiger partial charge in [0.15, 0.2) is 5.76 Å². The topological polar surface area (TPSA) is 66.8 Å². The maximum Gasteiger partial charge on any atom is 0.290 e. The van der Waals surface area contributed by atoms with Crippen LogP contribution in [0.1, 0.15) is 34.1 Å². The number of ketones is 1. The SMILES string of the molecule is O=C(C1=C(O)C(=O)N(C[C@H]2CCCO2)[C@H]1c1ccc(Br)cc1)c1cccs1. The van der Waals surface area contributed by atoms with Crippen molar-refractivity contribution in [3.8, 4) is 0 Å². The van der Waals surface area contributed by atoms with Gasteiger partial charge in [0.05, 0.1) is 22.6 Å². The Morgan fingerprint density at radius 2 is 2.07 bits per heavy atom. The standard InChI is InChI=1S/C20H18BrNO4S/c21-13-7-5-12(6-8-13)17-16(18(23)15-4-2-10-27-15)19(24)20(25)22(17)11-14-3-1-9-26-14/h2,4-8,10,14,17,24H,1,3,9,11H2/t14-,17+/m1/s1. The third kappa shape index (κ3) is 3.47. The van der Waals surface area contributed by atoms with Crippen LogP contribution < -0.4 is 0 Å². The molecule has 2 aromatic rings. The Bertz CT molecular complexity index is 885. The number of ether oxygens (including phenoxy) is 1. The van der Waals surface area contributed by atoms with Gasteiger partial charge in [-0.15, -0.1) is 11.3 Å². The Balaban J connectivity index is 1.75. The summed E-state index contributed by atoms with van der Waals surface area (Å²) in [7, 11) is 0. The van der Waals surface area contributed by atoms with Crippen molar-refractivity contribution in [1.29, 1.82) is 0 Å². The number of rotatable bonds is 5. The molecule has 0 unspecified atom stereocenters. The van der Waals surface area contributed by atoms with E-state index in [1.165, 1.54) is 11.3 Å². The molecule has 1 amide bonds. The molecular weight excluding hydrogens is 430 g/mol. The van der Waals surface area contributed by atoms with Gasteiger partial charge < -0.3 is 14.7 Å². The molecule has 0 spiro atoms. The van der Waals surface area contributed by atoms with Gasteiger partial charge in [-0.05, 0) is 42.0 Å². The van der Waals surface area contributed by atoms with E-state index in [4.69, 9.17) is 4.74 Å². The lowest BCUT2D eigenvalue weighted by Gasteiger charge is -2.28. The zero-order chi connectivity index (χ0) is 19.0. The minimum atomic E-state index is -0.621. The summed E-state index contributed by atoms with van der Waals surface area (Å²) >= 11 is 4.71. The Morgan fingerprint density at radius 1 is 1.30 bits per heavy atom. The second-order valence-electron chi connectivity index (χ2n) is 6.62. The van der Waals surface area contributed by atoms with Crippen molar-refractivity contribution in [1.82, 2.24) is 4.90 Å². The minimum absolute atomic E-state index is 0.0733. The lowest BCUT2D eigenvalue weighted by atomic mass is 9.95. The lowest BCUT2D eigenvalue weighted by molar-refractivity contribution is -0.131. The summed E-state index contributed by atoms with van der Waals surface area (Å²) in [5, 5.41) is 12.4. The third-order valence-corrected chi connectivity index (χ3v) is 6.30. The van der Waals surface area contributed by atoms with E-state index in [1.54, 1.807) is 22.4 Å². The van der Waals surface area contributed by atoms with E-state index in [2.05, 4.69) is 15.9 Å². The number of aliphatic hydroxyl groups is 1. The molecule has 27 heavy (non-hydrogen) atoms. The molecule has 0 aliphatic carbocycles. The Labute approximate surface area is 169 Å². The van der Waals surface area contributed by atoms with Crippen LogP contribution in [0.2, 0.25) is 0 Å². The summed E-state index contributed by atoms with van der Waals surface area (Å²) in [5.41, 5.74) is 0.927. The number of halogens is 1. The lowest BCUT2D eigenvalue weighted by Crippen LogP contribution is -2.37. The highest BCUT2D eigenvalue weighted by Gasteiger charge is 2.44. The van der Waals surface area contributed by atoms with Gasteiger partial charge in [0, 0.05) is 17.6 Å². The first-order chi connectivity index (χ1) is 13.1. The maximum absolute atomic E-state index is 13.1. The summed E-state index contributed by atoms with van der Waals surface area (Å²) < 4.78 is 6.59. The van der Waals surface area contributed by atoms with Crippen LogP contribution in [0, 0.1) is 0 Å². The molecule has 2 atom stereocenters. The van der Waals surface area contributed by atoms with E-state index in [0.717, 1.165) is 22.9 Å². The molecular formula is C20H18BrNO4S. The van der Waals surface area contributed by atoms with E-state index in [0.29, 0.717) is 18.0 Å². The number of carbonyl (C=O) groups excluding carboxylic acids is 2. The van der Waals surface area contributed by atoms with Gasteiger partial charge in [0.1, 0.15) is 0 Å². The molecule has 5 nitrogen and oxygen atoms in total. The molecule has 1 aromatic heterocycles. The number of nitrogens with zero attached hydrogens (tertiary/aromatic N) is 1. The average Bonchev–Trinajstić information content (AvgIpc) is 3.41. The summed E-state index contributed by atoms with van der Waals surface area (Å²) in [4.78, 5) is 28.0. The highest BCUT2D eigenvalue weighted by atomic mass is 79.9. The number of hydrogen-bond donors (Lipinski definition) is 1. The predicted molar refractivity (Wildman–Crippen MR) is 106 cm³/mol. The van der Waals surface area contributed by atoms with E-state index >= 15 is 0 Å². The van der Waals surface area contributed by atoms with Crippen LogP contribution in [0.4, 0.5) is 0 Å². The normalized spacial score (nSPS) is 22.7. The fourth-order valence-electron chi connectivity index (χ4n) is 3.61. The molecule has 2 aliphatic heterocycles. The smallest absolute Gasteiger partial charge is 0.290 e. The van der Waals surface area contributed by atoms with Crippen molar-refractivity contribution in [2.75, 3.05) is 13.2 Å². The van der Waals surface area contributed by atoms with Crippen molar-refractivity contribution >= 4 is 39.0 Å². The van der Waals surface area contributed by atoms with Gasteiger partial charge in [-0.3, -0.25) is 9.59 Å². The van der Waals surface area contributed by atoms with Gasteiger partial charge in [-0.25, -0.2) is 0 Å². The number of carbonyl (C=O) groups is 2. The highest BCUT2D eigenvalue weighted by molar-refractivity contribution is 9.10. The fourth-order valence-corrected chi connectivity index (χ4v) is 4.56. The van der Waals surface area contributed by atoms with Crippen LogP contribution in [0.25, 0.3) is 0 Å². The van der Waals surface area contributed by atoms with E-state index < -0.39 is 17.7 Å². The second-order valence-corrected chi connectivity index (χ2v) is 8.48. The first-order valence-electron chi connectivity index (χ1n) is 8.75. The van der Waals surface area contributed by atoms with Crippen LogP contribution in [-0.4, -0.2) is 41.0 Å². The van der Waals surface area contributed by atoms with Gasteiger partial charge >= 0.3 is 0 Å². The predicted octanol–water partition coefficient (Wildman–Crippen LogP) is 4.27. The molecule has 0 bridgehead atoms. The maximum atomic E-state index is 13.1. The quantitative estimate of drug-likeness (QED) is 0.694. The van der Waals surface area contributed by atoms with E-state index in [9.17, 15) is 14.7 Å². The minimum Gasteiger partial charge on any atom is -0.503 e. The molecule has 2 aliphatic rings. The molecule has 0 saturated carbocycles. The van der Waals surface area contributed by atoms with Crippen molar-refractivity contribution < 1.29 is 19.4 Å². The molecule has 1 N–H and O–H groups in total. The summed E-state index contributed by atoms with van der Waals surface area (Å²) in [6, 6.07) is 10.3. The number of Topliss-reactive ketones (excluding diaryl/α,β-unsaturated/α-hetero) is 1. The third-order valence-electron chi connectivity index (χ3n) is 4.90.